The van der Waals surface area contributed by atoms with Crippen molar-refractivity contribution in [2.75, 3.05) is 6.54 Å². The molecule has 1 N–H and O–H groups in total. The Hall–Kier alpha value is -1.44. The van der Waals surface area contributed by atoms with Crippen LogP contribution < -0.4 is 5.32 Å². The number of hydrogen-bond donors (Lipinski definition) is 1. The van der Waals surface area contributed by atoms with Crippen LogP contribution in [0.15, 0.2) is 34.1 Å². The zero-order valence-electron chi connectivity index (χ0n) is 10.6. The molecule has 0 aliphatic heterocycles. The molecule has 0 saturated heterocycles. The number of benzene rings is 1. The van der Waals surface area contributed by atoms with E-state index in [4.69, 9.17) is 11.6 Å². The molecule has 110 valence electrons. The zero-order valence-corrected chi connectivity index (χ0v) is 13.8. The van der Waals surface area contributed by atoms with Crippen molar-refractivity contribution in [3.63, 3.8) is 0 Å². The second kappa shape index (κ2) is 7.02. The van der Waals surface area contributed by atoms with Crippen molar-refractivity contribution in [3.8, 4) is 0 Å². The number of hydrogen-bond acceptors (Lipinski definition) is 4. The van der Waals surface area contributed by atoms with Crippen LogP contribution in [0.5, 0.6) is 0 Å². The highest BCUT2D eigenvalue weighted by molar-refractivity contribution is 9.11. The van der Waals surface area contributed by atoms with Crippen molar-refractivity contribution >= 4 is 50.5 Å². The molecule has 0 aliphatic carbocycles. The first-order valence-corrected chi connectivity index (χ1v) is 7.92. The second-order valence-corrected chi connectivity index (χ2v) is 7.09. The summed E-state index contributed by atoms with van der Waals surface area (Å²) in [6.07, 6.45) is 0.689. The van der Waals surface area contributed by atoms with Gasteiger partial charge in [0.2, 0.25) is 0 Å². The van der Waals surface area contributed by atoms with E-state index in [9.17, 15) is 14.9 Å². The van der Waals surface area contributed by atoms with Crippen molar-refractivity contribution in [1.82, 2.24) is 5.32 Å². The molecule has 0 atom stereocenters. The van der Waals surface area contributed by atoms with E-state index in [1.54, 1.807) is 11.3 Å². The van der Waals surface area contributed by atoms with Crippen LogP contribution in [0.3, 0.4) is 0 Å². The summed E-state index contributed by atoms with van der Waals surface area (Å²) >= 11 is 10.9. The van der Waals surface area contributed by atoms with Crippen LogP contribution in [0.25, 0.3) is 0 Å². The molecule has 0 saturated carbocycles. The number of rotatable bonds is 5. The van der Waals surface area contributed by atoms with Gasteiger partial charge in [0.1, 0.15) is 0 Å². The summed E-state index contributed by atoms with van der Waals surface area (Å²) in [6.45, 7) is 0.435. The first-order chi connectivity index (χ1) is 9.97. The molecule has 0 unspecified atom stereocenters. The summed E-state index contributed by atoms with van der Waals surface area (Å²) in [4.78, 5) is 23.3. The summed E-state index contributed by atoms with van der Waals surface area (Å²) < 4.78 is 1.03. The maximum Gasteiger partial charge on any atom is 0.270 e. The minimum atomic E-state index is -0.559. The minimum Gasteiger partial charge on any atom is -0.352 e. The number of non-ortho nitro benzene ring substituents is 1. The number of halogens is 2. The third-order valence-electron chi connectivity index (χ3n) is 2.69. The lowest BCUT2D eigenvalue weighted by atomic mass is 10.2. The molecule has 1 amide bonds. The van der Waals surface area contributed by atoms with Gasteiger partial charge in [0.15, 0.2) is 0 Å². The largest absolute Gasteiger partial charge is 0.352 e. The molecule has 0 aliphatic rings. The molecule has 0 bridgehead atoms. The predicted molar refractivity (Wildman–Crippen MR) is 86.2 cm³/mol. The topological polar surface area (TPSA) is 72.2 Å². The van der Waals surface area contributed by atoms with Gasteiger partial charge in [0.25, 0.3) is 11.6 Å². The maximum absolute atomic E-state index is 12.0. The van der Waals surface area contributed by atoms with Crippen LogP contribution in [-0.2, 0) is 6.42 Å². The minimum absolute atomic E-state index is 0.109. The van der Waals surface area contributed by atoms with Gasteiger partial charge in [-0.2, -0.15) is 0 Å². The number of nitro benzene ring substituents is 1. The van der Waals surface area contributed by atoms with E-state index in [0.29, 0.717) is 13.0 Å². The van der Waals surface area contributed by atoms with Gasteiger partial charge in [0.05, 0.1) is 19.3 Å². The molecule has 8 heteroatoms. The number of amides is 1. The van der Waals surface area contributed by atoms with E-state index >= 15 is 0 Å². The standard InChI is InChI=1S/C13H10BrClN2O3S/c14-12-4-2-9(21-12)5-6-16-13(18)10-7-8(17(19)20)1-3-11(10)15/h1-4,7H,5-6H2,(H,16,18). The van der Waals surface area contributed by atoms with Crippen LogP contribution in [0.4, 0.5) is 5.69 Å². The Morgan fingerprint density at radius 1 is 1.38 bits per heavy atom. The summed E-state index contributed by atoms with van der Waals surface area (Å²) in [5.41, 5.74) is -0.0510. The summed E-state index contributed by atoms with van der Waals surface area (Å²) in [6, 6.07) is 7.72. The smallest absolute Gasteiger partial charge is 0.270 e. The Morgan fingerprint density at radius 3 is 2.76 bits per heavy atom. The first kappa shape index (κ1) is 15.9. The molecule has 1 aromatic carbocycles. The third-order valence-corrected chi connectivity index (χ3v) is 4.70. The van der Waals surface area contributed by atoms with Gasteiger partial charge in [-0.3, -0.25) is 14.9 Å². The summed E-state index contributed by atoms with van der Waals surface area (Å²) in [5, 5.41) is 13.6. The van der Waals surface area contributed by atoms with Crippen molar-refractivity contribution in [2.45, 2.75) is 6.42 Å². The first-order valence-electron chi connectivity index (χ1n) is 5.93. The number of carbonyl (C=O) groups is 1. The lowest BCUT2D eigenvalue weighted by molar-refractivity contribution is -0.384. The van der Waals surface area contributed by atoms with Gasteiger partial charge in [0, 0.05) is 23.6 Å². The molecule has 0 fully saturated rings. The Balaban J connectivity index is 1.99. The van der Waals surface area contributed by atoms with E-state index in [1.807, 2.05) is 12.1 Å². The number of nitro groups is 1. The average molecular weight is 390 g/mol. The molecule has 0 radical (unpaired) electrons. The van der Waals surface area contributed by atoms with Crippen LogP contribution in [0, 0.1) is 10.1 Å². The number of carbonyl (C=O) groups excluding carboxylic acids is 1. The molecule has 0 spiro atoms. The Morgan fingerprint density at radius 2 is 2.14 bits per heavy atom. The van der Waals surface area contributed by atoms with Crippen molar-refractivity contribution in [1.29, 1.82) is 0 Å². The number of thiophene rings is 1. The Labute approximate surface area is 138 Å². The lowest BCUT2D eigenvalue weighted by Crippen LogP contribution is -2.25. The molecule has 21 heavy (non-hydrogen) atoms. The van der Waals surface area contributed by atoms with Gasteiger partial charge in [-0.15, -0.1) is 11.3 Å². The number of nitrogens with zero attached hydrogens (tertiary/aromatic N) is 1. The highest BCUT2D eigenvalue weighted by Gasteiger charge is 2.15. The zero-order chi connectivity index (χ0) is 15.4. The van der Waals surface area contributed by atoms with E-state index in [1.165, 1.54) is 18.2 Å². The quantitative estimate of drug-likeness (QED) is 0.619. The molecule has 5 nitrogen and oxygen atoms in total. The van der Waals surface area contributed by atoms with Gasteiger partial charge >= 0.3 is 0 Å². The SMILES string of the molecule is O=C(NCCc1ccc(Br)s1)c1cc([N+](=O)[O-])ccc1Cl. The maximum atomic E-state index is 12.0. The van der Waals surface area contributed by atoms with Gasteiger partial charge in [-0.05, 0) is 40.5 Å². The molecule has 2 rings (SSSR count). The second-order valence-electron chi connectivity index (χ2n) is 4.13. The fourth-order valence-electron chi connectivity index (χ4n) is 1.68. The van der Waals surface area contributed by atoms with Crippen molar-refractivity contribution < 1.29 is 9.72 Å². The van der Waals surface area contributed by atoms with Gasteiger partial charge < -0.3 is 5.32 Å². The predicted octanol–water partition coefficient (Wildman–Crippen LogP) is 4.04. The fraction of sp³-hybridized carbons (Fsp3) is 0.154. The van der Waals surface area contributed by atoms with Gasteiger partial charge in [-0.1, -0.05) is 11.6 Å². The van der Waals surface area contributed by atoms with Crippen LogP contribution in [0.1, 0.15) is 15.2 Å². The Bertz CT molecular complexity index is 690. The highest BCUT2D eigenvalue weighted by Crippen LogP contribution is 2.23. The molecule has 1 aromatic heterocycles. The van der Waals surface area contributed by atoms with Crippen LogP contribution in [-0.4, -0.2) is 17.4 Å². The van der Waals surface area contributed by atoms with Crippen molar-refractivity contribution in [3.05, 3.63) is 59.7 Å². The monoisotopic (exact) mass is 388 g/mol. The highest BCUT2D eigenvalue weighted by atomic mass is 79.9. The van der Waals surface area contributed by atoms with Crippen LogP contribution >= 0.6 is 38.9 Å². The molecule has 2 aromatic rings. The summed E-state index contributed by atoms with van der Waals surface area (Å²) in [7, 11) is 0. The Kier molecular flexibility index (Phi) is 5.33. The fourth-order valence-corrected chi connectivity index (χ4v) is 3.37. The normalized spacial score (nSPS) is 10.4. The summed E-state index contributed by atoms with van der Waals surface area (Å²) in [5.74, 6) is -0.417. The van der Waals surface area contributed by atoms with E-state index < -0.39 is 10.8 Å². The van der Waals surface area contributed by atoms with Gasteiger partial charge in [-0.25, -0.2) is 0 Å². The van der Waals surface area contributed by atoms with E-state index in [2.05, 4.69) is 21.2 Å². The molecular weight excluding hydrogens is 380 g/mol. The molecular formula is C13H10BrClN2O3S. The number of nitrogens with one attached hydrogen (secondary N) is 1. The lowest BCUT2D eigenvalue weighted by Gasteiger charge is -2.06. The molecule has 1 heterocycles. The van der Waals surface area contributed by atoms with Crippen molar-refractivity contribution in [2.24, 2.45) is 0 Å². The average Bonchev–Trinajstić information content (AvgIpc) is 2.84. The van der Waals surface area contributed by atoms with E-state index in [-0.39, 0.29) is 16.3 Å². The van der Waals surface area contributed by atoms with E-state index in [0.717, 1.165) is 8.66 Å². The third kappa shape index (κ3) is 4.26. The van der Waals surface area contributed by atoms with Crippen LogP contribution in [0.2, 0.25) is 5.02 Å².